The minimum absolute atomic E-state index is 0.157. The third kappa shape index (κ3) is 3.32. The summed E-state index contributed by atoms with van der Waals surface area (Å²) in [4.78, 5) is 0. The first kappa shape index (κ1) is 12.2. The van der Waals surface area contributed by atoms with Gasteiger partial charge in [-0.25, -0.2) is 0 Å². The van der Waals surface area contributed by atoms with Crippen molar-refractivity contribution in [1.82, 2.24) is 15.1 Å². The molecular weight excluding hydrogens is 190 g/mol. The van der Waals surface area contributed by atoms with Gasteiger partial charge in [0.1, 0.15) is 0 Å². The van der Waals surface area contributed by atoms with Crippen molar-refractivity contribution in [2.45, 2.75) is 33.4 Å². The summed E-state index contributed by atoms with van der Waals surface area (Å²) < 4.78 is 1.82. The Hall–Kier alpha value is -0.870. The van der Waals surface area contributed by atoms with Gasteiger partial charge in [-0.3, -0.25) is 4.68 Å². The van der Waals surface area contributed by atoms with Crippen molar-refractivity contribution in [2.24, 2.45) is 13.0 Å². The summed E-state index contributed by atoms with van der Waals surface area (Å²) in [6.45, 7) is 7.15. The van der Waals surface area contributed by atoms with E-state index in [1.54, 1.807) is 0 Å². The molecule has 4 heteroatoms. The van der Waals surface area contributed by atoms with E-state index >= 15 is 0 Å². The molecule has 1 rings (SSSR count). The zero-order valence-corrected chi connectivity index (χ0v) is 9.99. The van der Waals surface area contributed by atoms with E-state index in [1.165, 1.54) is 5.56 Å². The lowest BCUT2D eigenvalue weighted by Gasteiger charge is -2.19. The minimum Gasteiger partial charge on any atom is -0.395 e. The smallest absolute Gasteiger partial charge is 0.0638 e. The maximum atomic E-state index is 9.17. The van der Waals surface area contributed by atoms with Crippen molar-refractivity contribution in [1.29, 1.82) is 0 Å². The van der Waals surface area contributed by atoms with Crippen LogP contribution in [0.4, 0.5) is 0 Å². The van der Waals surface area contributed by atoms with Crippen LogP contribution in [0.3, 0.4) is 0 Å². The van der Waals surface area contributed by atoms with Crippen molar-refractivity contribution < 1.29 is 5.11 Å². The summed E-state index contributed by atoms with van der Waals surface area (Å²) >= 11 is 0. The van der Waals surface area contributed by atoms with Crippen LogP contribution in [-0.2, 0) is 13.6 Å². The Kier molecular flexibility index (Phi) is 4.29. The third-order valence-corrected chi connectivity index (χ3v) is 2.67. The Morgan fingerprint density at radius 2 is 2.20 bits per heavy atom. The molecule has 0 aliphatic rings. The van der Waals surface area contributed by atoms with Gasteiger partial charge in [0.25, 0.3) is 0 Å². The van der Waals surface area contributed by atoms with Gasteiger partial charge >= 0.3 is 0 Å². The lowest BCUT2D eigenvalue weighted by Crippen LogP contribution is -2.36. The van der Waals surface area contributed by atoms with E-state index in [9.17, 15) is 0 Å². The minimum atomic E-state index is 0.157. The van der Waals surface area contributed by atoms with E-state index in [-0.39, 0.29) is 12.6 Å². The van der Waals surface area contributed by atoms with Gasteiger partial charge in [0, 0.05) is 31.4 Å². The normalized spacial score (nSPS) is 13.5. The summed E-state index contributed by atoms with van der Waals surface area (Å²) in [5, 5.41) is 16.8. The highest BCUT2D eigenvalue weighted by atomic mass is 16.3. The predicted octanol–water partition coefficient (Wildman–Crippen LogP) is 0.835. The molecule has 0 aliphatic carbocycles. The first-order chi connectivity index (χ1) is 7.04. The van der Waals surface area contributed by atoms with Crippen molar-refractivity contribution in [3.05, 3.63) is 17.5 Å². The van der Waals surface area contributed by atoms with Gasteiger partial charge in [-0.15, -0.1) is 0 Å². The maximum Gasteiger partial charge on any atom is 0.0638 e. The zero-order chi connectivity index (χ0) is 11.4. The van der Waals surface area contributed by atoms with Gasteiger partial charge in [-0.05, 0) is 12.8 Å². The first-order valence-electron chi connectivity index (χ1n) is 5.38. The number of aliphatic hydroxyl groups excluding tert-OH is 1. The monoisotopic (exact) mass is 211 g/mol. The fourth-order valence-corrected chi connectivity index (χ4v) is 1.57. The average Bonchev–Trinajstić information content (AvgIpc) is 2.45. The Bertz CT molecular complexity index is 307. The fourth-order valence-electron chi connectivity index (χ4n) is 1.57. The SMILES string of the molecule is Cc1nn(C)cc1CN[C@H](CO)C(C)C. The van der Waals surface area contributed by atoms with Crippen LogP contribution in [0.25, 0.3) is 0 Å². The molecule has 0 bridgehead atoms. The highest BCUT2D eigenvalue weighted by Gasteiger charge is 2.12. The molecule has 1 aromatic heterocycles. The highest BCUT2D eigenvalue weighted by molar-refractivity contribution is 5.14. The molecule has 0 unspecified atom stereocenters. The summed E-state index contributed by atoms with van der Waals surface area (Å²) in [6.07, 6.45) is 2.01. The molecule has 86 valence electrons. The average molecular weight is 211 g/mol. The Labute approximate surface area is 91.3 Å². The molecule has 1 heterocycles. The number of aromatic nitrogens is 2. The van der Waals surface area contributed by atoms with Crippen LogP contribution in [-0.4, -0.2) is 27.5 Å². The molecule has 1 aromatic rings. The molecule has 1 atom stereocenters. The van der Waals surface area contributed by atoms with Gasteiger partial charge in [0.05, 0.1) is 12.3 Å². The Balaban J connectivity index is 2.52. The molecule has 0 amide bonds. The lowest BCUT2D eigenvalue weighted by molar-refractivity contribution is 0.210. The summed E-state index contributed by atoms with van der Waals surface area (Å²) in [7, 11) is 1.92. The fraction of sp³-hybridized carbons (Fsp3) is 0.727. The van der Waals surface area contributed by atoms with Crippen molar-refractivity contribution in [3.63, 3.8) is 0 Å². The number of aryl methyl sites for hydroxylation is 2. The van der Waals surface area contributed by atoms with Crippen LogP contribution in [0.15, 0.2) is 6.20 Å². The molecule has 0 spiro atoms. The number of rotatable bonds is 5. The zero-order valence-electron chi connectivity index (χ0n) is 9.99. The van der Waals surface area contributed by atoms with Gasteiger partial charge < -0.3 is 10.4 Å². The second kappa shape index (κ2) is 5.28. The molecule has 0 aliphatic heterocycles. The second-order valence-electron chi connectivity index (χ2n) is 4.33. The van der Waals surface area contributed by atoms with E-state index in [2.05, 4.69) is 24.3 Å². The van der Waals surface area contributed by atoms with Gasteiger partial charge in [0.2, 0.25) is 0 Å². The van der Waals surface area contributed by atoms with E-state index < -0.39 is 0 Å². The standard InChI is InChI=1S/C11H21N3O/c1-8(2)11(7-15)12-5-10-6-14(4)13-9(10)3/h6,8,11-12,15H,5,7H2,1-4H3/t11-/m1/s1. The van der Waals surface area contributed by atoms with E-state index in [4.69, 9.17) is 5.11 Å². The van der Waals surface area contributed by atoms with Crippen LogP contribution in [0.5, 0.6) is 0 Å². The molecule has 2 N–H and O–H groups in total. The molecular formula is C11H21N3O. The largest absolute Gasteiger partial charge is 0.395 e. The molecule has 0 saturated heterocycles. The molecule has 0 aromatic carbocycles. The van der Waals surface area contributed by atoms with Crippen LogP contribution >= 0.6 is 0 Å². The summed E-state index contributed by atoms with van der Waals surface area (Å²) in [5.74, 6) is 0.437. The lowest BCUT2D eigenvalue weighted by atomic mass is 10.1. The molecule has 0 radical (unpaired) electrons. The van der Waals surface area contributed by atoms with E-state index in [1.807, 2.05) is 24.9 Å². The highest BCUT2D eigenvalue weighted by Crippen LogP contribution is 2.06. The summed E-state index contributed by atoms with van der Waals surface area (Å²) in [5.41, 5.74) is 2.24. The molecule has 0 saturated carbocycles. The molecule has 15 heavy (non-hydrogen) atoms. The number of aliphatic hydroxyl groups is 1. The Morgan fingerprint density at radius 3 is 2.60 bits per heavy atom. The second-order valence-corrected chi connectivity index (χ2v) is 4.33. The van der Waals surface area contributed by atoms with Crippen LogP contribution < -0.4 is 5.32 Å². The van der Waals surface area contributed by atoms with Crippen LogP contribution in [0.2, 0.25) is 0 Å². The number of nitrogens with zero attached hydrogens (tertiary/aromatic N) is 2. The first-order valence-corrected chi connectivity index (χ1v) is 5.38. The van der Waals surface area contributed by atoms with Crippen molar-refractivity contribution >= 4 is 0 Å². The van der Waals surface area contributed by atoms with E-state index in [0.717, 1.165) is 12.2 Å². The number of hydrogen-bond acceptors (Lipinski definition) is 3. The maximum absolute atomic E-state index is 9.17. The Morgan fingerprint density at radius 1 is 1.53 bits per heavy atom. The number of nitrogens with one attached hydrogen (secondary N) is 1. The third-order valence-electron chi connectivity index (χ3n) is 2.67. The summed E-state index contributed by atoms with van der Waals surface area (Å²) in [6, 6.07) is 0.157. The quantitative estimate of drug-likeness (QED) is 0.758. The van der Waals surface area contributed by atoms with Crippen molar-refractivity contribution in [2.75, 3.05) is 6.61 Å². The predicted molar refractivity (Wildman–Crippen MR) is 60.5 cm³/mol. The van der Waals surface area contributed by atoms with Gasteiger partial charge in [-0.1, -0.05) is 13.8 Å². The molecule has 4 nitrogen and oxygen atoms in total. The van der Waals surface area contributed by atoms with Crippen molar-refractivity contribution in [3.8, 4) is 0 Å². The van der Waals surface area contributed by atoms with Gasteiger partial charge in [-0.2, -0.15) is 5.10 Å². The topological polar surface area (TPSA) is 50.1 Å². The van der Waals surface area contributed by atoms with Gasteiger partial charge in [0.15, 0.2) is 0 Å². The van der Waals surface area contributed by atoms with Crippen LogP contribution in [0.1, 0.15) is 25.1 Å². The van der Waals surface area contributed by atoms with E-state index in [0.29, 0.717) is 5.92 Å². The molecule has 0 fully saturated rings. The number of hydrogen-bond donors (Lipinski definition) is 2. The van der Waals surface area contributed by atoms with Crippen LogP contribution in [0, 0.1) is 12.8 Å².